The molecular formula is C64H100BrF2MgNO6. The van der Waals surface area contributed by atoms with E-state index in [2.05, 4.69) is 33.8 Å². The van der Waals surface area contributed by atoms with Gasteiger partial charge in [0.15, 0.2) is 5.78 Å². The molecule has 0 unspecified atom stereocenters. The molecule has 2 aromatic rings. The van der Waals surface area contributed by atoms with Crippen LogP contribution < -0.4 is 17.0 Å². The van der Waals surface area contributed by atoms with Gasteiger partial charge in [-0.2, -0.15) is 18.2 Å². The molecule has 2 aromatic carbocycles. The molecule has 420 valence electrons. The number of aryl methyl sites for hydroxylation is 2. The molecule has 0 radical (unpaired) electrons. The van der Waals surface area contributed by atoms with Crippen LogP contribution in [0.3, 0.4) is 0 Å². The summed E-state index contributed by atoms with van der Waals surface area (Å²) in [4.78, 5) is 31.7. The Kier molecular flexibility index (Phi) is 22.9. The van der Waals surface area contributed by atoms with Gasteiger partial charge in [-0.15, -0.1) is 11.6 Å². The molecular weight excluding hydrogens is 1020 g/mol. The number of nitrogens with zero attached hydrogens (tertiary/aromatic N) is 1. The number of aliphatic hydroxyl groups is 2. The molecule has 16 atom stereocenters. The van der Waals surface area contributed by atoms with E-state index >= 15 is 0 Å². The number of hydrogen-bond donors (Lipinski definition) is 2. The van der Waals surface area contributed by atoms with Crippen LogP contribution in [-0.4, -0.2) is 88.6 Å². The van der Waals surface area contributed by atoms with Gasteiger partial charge in [-0.3, -0.25) is 14.4 Å². The maximum Gasteiger partial charge on any atom is 2.00 e. The van der Waals surface area contributed by atoms with Gasteiger partial charge in [-0.25, -0.2) is 13.8 Å². The van der Waals surface area contributed by atoms with Crippen LogP contribution in [0, 0.1) is 112 Å². The van der Waals surface area contributed by atoms with E-state index in [4.69, 9.17) is 9.57 Å². The van der Waals surface area contributed by atoms with E-state index in [0.717, 1.165) is 94.7 Å². The van der Waals surface area contributed by atoms with Crippen LogP contribution in [0.4, 0.5) is 8.78 Å². The maximum atomic E-state index is 13.8. The summed E-state index contributed by atoms with van der Waals surface area (Å²) in [6.45, 7) is 19.4. The first-order valence-electron chi connectivity index (χ1n) is 28.2. The molecule has 0 spiro atoms. The molecule has 9 fully saturated rings. The maximum absolute atomic E-state index is 13.8. The van der Waals surface area contributed by atoms with Crippen molar-refractivity contribution in [1.82, 2.24) is 5.06 Å². The largest absolute Gasteiger partial charge is 2.00 e. The number of hydrogen-bond acceptors (Lipinski definition) is 6. The van der Waals surface area contributed by atoms with Crippen molar-refractivity contribution in [2.75, 3.05) is 27.4 Å². The number of fused-ring (bicyclic) bond motifs is 10. The van der Waals surface area contributed by atoms with E-state index in [1.807, 2.05) is 13.8 Å². The molecule has 1 aliphatic heterocycles. The molecule has 1 heterocycles. The minimum atomic E-state index is -0.488. The fraction of sp³-hybridized carbons (Fsp3) is 0.781. The van der Waals surface area contributed by atoms with Crippen molar-refractivity contribution < 1.29 is 55.1 Å². The first kappa shape index (κ1) is 66.0. The first-order valence-corrected chi connectivity index (χ1v) is 28.2. The van der Waals surface area contributed by atoms with E-state index in [-0.39, 0.29) is 101 Å². The zero-order valence-corrected chi connectivity index (χ0v) is 49.6. The van der Waals surface area contributed by atoms with Crippen LogP contribution in [0.2, 0.25) is 0 Å². The monoisotopic (exact) mass is 1120 g/mol. The van der Waals surface area contributed by atoms with Gasteiger partial charge in [0.25, 0.3) is 0 Å². The molecule has 11 heteroatoms. The summed E-state index contributed by atoms with van der Waals surface area (Å²) in [5, 5.41) is 22.8. The number of Topliss-reactive ketones (excluding diaryl/α,β-unsaturated/α-hetero) is 1. The number of ether oxygens (including phenoxy) is 1. The van der Waals surface area contributed by atoms with Crippen molar-refractivity contribution in [3.05, 3.63) is 70.8 Å². The number of ketones is 1. The van der Waals surface area contributed by atoms with E-state index < -0.39 is 11.2 Å². The Morgan fingerprint density at radius 1 is 0.640 bits per heavy atom. The van der Waals surface area contributed by atoms with Gasteiger partial charge in [-0.1, -0.05) is 49.5 Å². The molecule has 2 N–H and O–H groups in total. The Morgan fingerprint density at radius 2 is 1.11 bits per heavy atom. The molecule has 8 saturated carbocycles. The van der Waals surface area contributed by atoms with Crippen LogP contribution in [0.5, 0.6) is 0 Å². The van der Waals surface area contributed by atoms with Gasteiger partial charge in [0.1, 0.15) is 5.82 Å². The van der Waals surface area contributed by atoms with Crippen molar-refractivity contribution in [3.8, 4) is 0 Å². The Hall–Kier alpha value is -1.47. The Morgan fingerprint density at radius 3 is 1.53 bits per heavy atom. The standard InChI is InChI=1S/C28H39FO2.C23H39NO3.C7H6F.C4H8O.2CH4.BrH.Mg/c1-17-15-18(5-10-24(17)29)25(30)23-9-8-21-20-7-6-19-16-26(2,31)13-14-27(19,3)22(20)11-12-28(21,23)4;1-21(26)12-13-22(2)15(14-21)6-7-16-17-8-9-19(20(25)24(4)27-5)23(17,3)11-10-18(16)22;1-6-4-2-3-5-7(6)8;1-2-4-5-3-1;;;;/h5,10,15,19-23,31H,6-9,11-14,16H2,1-4H3;15-19,26H,6-14H2,1-5H3;3-5H,1H3;1-4H2;2*1H4;1H;/q;;-1;;;;;+2/p-1/t19-,20+,21+,22+,23-,26-,27+,28+;15-,16+,17+,18+,19-,21-,22+,23+;;;;;;/m11....../s1. The van der Waals surface area contributed by atoms with Gasteiger partial charge >= 0.3 is 23.1 Å². The number of amides is 1. The molecule has 7 nitrogen and oxygen atoms in total. The van der Waals surface area contributed by atoms with Crippen molar-refractivity contribution in [2.45, 2.75) is 210 Å². The van der Waals surface area contributed by atoms with E-state index in [0.29, 0.717) is 51.2 Å². The first-order chi connectivity index (χ1) is 33.5. The van der Waals surface area contributed by atoms with Gasteiger partial charge in [0.2, 0.25) is 5.91 Å². The summed E-state index contributed by atoms with van der Waals surface area (Å²) in [5.41, 5.74) is 1.90. The smallest absolute Gasteiger partial charge is 1.00 e. The number of hydroxylamine groups is 2. The molecule has 11 rings (SSSR count). The summed E-state index contributed by atoms with van der Waals surface area (Å²) in [7, 11) is 3.34. The van der Waals surface area contributed by atoms with Crippen molar-refractivity contribution in [2.24, 2.45) is 80.8 Å². The number of halogens is 3. The molecule has 0 bridgehead atoms. The third-order valence-corrected chi connectivity index (χ3v) is 22.4. The van der Waals surface area contributed by atoms with E-state index in [1.54, 1.807) is 52.3 Å². The van der Waals surface area contributed by atoms with Crippen LogP contribution in [0.15, 0.2) is 36.4 Å². The second kappa shape index (κ2) is 26.0. The van der Waals surface area contributed by atoms with Gasteiger partial charge in [0.05, 0.1) is 18.3 Å². The number of carbonyl (C=O) groups excluding carboxylic acids is 2. The predicted molar refractivity (Wildman–Crippen MR) is 296 cm³/mol. The summed E-state index contributed by atoms with van der Waals surface area (Å²) >= 11 is 0. The topological polar surface area (TPSA) is 96.3 Å². The van der Waals surface area contributed by atoms with Gasteiger partial charge in [0, 0.05) is 43.5 Å². The third kappa shape index (κ3) is 13.2. The SMILES string of the molecule is C.C.C1CCOC1.CON(C)C(=O)[C@H]1CC[C@H]2[C@@H]3CC[C@@H]4C[C@](C)(O)CC[C@]4(C)[C@H]3CC[C@]12C.Cc1c[c-]ccc1F.Cc1cc(C(=O)[C@H]2CC[C@H]3[C@@H]4CC[C@@H]5C[C@](C)(O)CC[C@]5(C)[C@H]4CC[C@]23C)ccc1F.[Br-].[Mg+2]. The van der Waals surface area contributed by atoms with Crippen LogP contribution in [0.25, 0.3) is 0 Å². The molecule has 1 saturated heterocycles. The molecule has 9 aliphatic rings. The van der Waals surface area contributed by atoms with E-state index in [1.165, 1.54) is 87.8 Å². The van der Waals surface area contributed by atoms with Crippen LogP contribution >= 0.6 is 0 Å². The zero-order chi connectivity index (χ0) is 51.3. The minimum absolute atomic E-state index is 0. The minimum Gasteiger partial charge on any atom is -1.00 e. The average molecular weight is 1120 g/mol. The summed E-state index contributed by atoms with van der Waals surface area (Å²) in [5.74, 6) is 5.82. The fourth-order valence-electron chi connectivity index (χ4n) is 18.0. The second-order valence-electron chi connectivity index (χ2n) is 26.4. The fourth-order valence-corrected chi connectivity index (χ4v) is 18.0. The number of carbonyl (C=O) groups is 2. The molecule has 75 heavy (non-hydrogen) atoms. The predicted octanol–water partition coefficient (Wildman–Crippen LogP) is 11.8. The number of rotatable bonds is 4. The quantitative estimate of drug-likeness (QED) is 0.137. The molecule has 0 aromatic heterocycles. The third-order valence-electron chi connectivity index (χ3n) is 22.4. The van der Waals surface area contributed by atoms with Gasteiger partial charge in [-0.05, 0) is 242 Å². The van der Waals surface area contributed by atoms with Crippen LogP contribution in [0.1, 0.15) is 206 Å². The summed E-state index contributed by atoms with van der Waals surface area (Å²) in [6.07, 6.45) is 22.9. The Balaban J connectivity index is 0.000000251. The molecule has 1 amide bonds. The Bertz CT molecular complexity index is 2180. The normalized spacial score (nSPS) is 40.6. The van der Waals surface area contributed by atoms with Crippen LogP contribution in [-0.2, 0) is 14.4 Å². The van der Waals surface area contributed by atoms with Crippen molar-refractivity contribution in [1.29, 1.82) is 0 Å². The zero-order valence-electron chi connectivity index (χ0n) is 46.6. The summed E-state index contributed by atoms with van der Waals surface area (Å²) in [6, 6.07) is 12.2. The van der Waals surface area contributed by atoms with Crippen molar-refractivity contribution >= 4 is 34.7 Å². The van der Waals surface area contributed by atoms with Gasteiger partial charge < -0.3 is 31.9 Å². The van der Waals surface area contributed by atoms with Crippen molar-refractivity contribution in [3.63, 3.8) is 0 Å². The molecule has 8 aliphatic carbocycles. The summed E-state index contributed by atoms with van der Waals surface area (Å²) < 4.78 is 31.0. The second-order valence-corrected chi connectivity index (χ2v) is 26.4. The van der Waals surface area contributed by atoms with E-state index in [9.17, 15) is 28.6 Å². The average Bonchev–Trinajstić information content (AvgIpc) is 4.11. The Labute approximate surface area is 480 Å². The number of benzene rings is 2.